The summed E-state index contributed by atoms with van der Waals surface area (Å²) in [7, 11) is -2.45. The molecular weight excluding hydrogens is 492 g/mol. The van der Waals surface area contributed by atoms with Crippen LogP contribution in [-0.2, 0) is 26.0 Å². The summed E-state index contributed by atoms with van der Waals surface area (Å²) in [6.45, 7) is 3.79. The maximum Gasteiger partial charge on any atom is 1.00 e. The minimum atomic E-state index is -3.78. The normalized spacial score (nSPS) is 10.5. The van der Waals surface area contributed by atoms with E-state index in [0.29, 0.717) is 16.6 Å². The van der Waals surface area contributed by atoms with Gasteiger partial charge >= 0.3 is 24.8 Å². The summed E-state index contributed by atoms with van der Waals surface area (Å²) in [5.41, 5.74) is 4.53. The van der Waals surface area contributed by atoms with E-state index in [2.05, 4.69) is 4.72 Å². The van der Waals surface area contributed by atoms with Crippen LogP contribution in [0.5, 0.6) is 0 Å². The van der Waals surface area contributed by atoms with Gasteiger partial charge in [-0.05, 0) is 83.3 Å². The Bertz CT molecular complexity index is 1490. The van der Waals surface area contributed by atoms with Gasteiger partial charge in [-0.15, -0.1) is 0 Å². The van der Waals surface area contributed by atoms with E-state index in [1.54, 1.807) is 30.3 Å². The molecule has 0 aliphatic rings. The molecule has 0 aliphatic heterocycles. The maximum atomic E-state index is 14.1. The summed E-state index contributed by atoms with van der Waals surface area (Å²) in [6.07, 6.45) is 0.0790. The molecule has 7 nitrogen and oxygen atoms in total. The maximum absolute atomic E-state index is 14.1. The van der Waals surface area contributed by atoms with Gasteiger partial charge in [0, 0.05) is 5.69 Å². The standard InChI is InChI=1S/C27H24FNO4S.Li.2H2O/c1-17-4-10-23(11-5-17)29-34(31,32)24-12-7-19(8-13-24)27-18(2)21(15-26(30)33-3)14-20-6-9-22(28)16-25(20)27;;;/h4-14,16,29H,15H2,1-3H3;;2*1H2/q;+1;;/p-1. The summed E-state index contributed by atoms with van der Waals surface area (Å²) in [6, 6.07) is 19.8. The van der Waals surface area contributed by atoms with Gasteiger partial charge in [-0.25, -0.2) is 12.8 Å². The fraction of sp³-hybridized carbons (Fsp3) is 0.148. The first kappa shape index (κ1) is 31.8. The van der Waals surface area contributed by atoms with E-state index in [1.807, 2.05) is 32.0 Å². The predicted molar refractivity (Wildman–Crippen MR) is 137 cm³/mol. The first-order chi connectivity index (χ1) is 16.2. The Labute approximate surface area is 227 Å². The third-order valence-electron chi connectivity index (χ3n) is 5.79. The Morgan fingerprint density at radius 3 is 2.16 bits per heavy atom. The number of rotatable bonds is 6. The van der Waals surface area contributed by atoms with Gasteiger partial charge in [-0.2, -0.15) is 0 Å². The summed E-state index contributed by atoms with van der Waals surface area (Å²) in [4.78, 5) is 12.0. The van der Waals surface area contributed by atoms with Crippen LogP contribution in [0.3, 0.4) is 0 Å². The Morgan fingerprint density at radius 1 is 0.946 bits per heavy atom. The number of nitrogens with one attached hydrogen (secondary N) is 1. The Kier molecular flexibility index (Phi) is 11.1. The number of hydrogen-bond donors (Lipinski definition) is 1. The fourth-order valence-corrected chi connectivity index (χ4v) is 5.01. The van der Waals surface area contributed by atoms with Crippen LogP contribution < -0.4 is 23.6 Å². The van der Waals surface area contributed by atoms with E-state index in [9.17, 15) is 17.6 Å². The zero-order valence-corrected chi connectivity index (χ0v) is 21.8. The van der Waals surface area contributed by atoms with Gasteiger partial charge in [0.15, 0.2) is 0 Å². The summed E-state index contributed by atoms with van der Waals surface area (Å²) >= 11 is 0. The second kappa shape index (κ2) is 12.9. The molecule has 0 atom stereocenters. The molecule has 190 valence electrons. The molecule has 4 N–H and O–H groups in total. The van der Waals surface area contributed by atoms with Crippen LogP contribution in [0.25, 0.3) is 21.9 Å². The van der Waals surface area contributed by atoms with Crippen LogP contribution in [-0.4, -0.2) is 32.4 Å². The number of esters is 1. The van der Waals surface area contributed by atoms with E-state index in [1.165, 1.54) is 31.4 Å². The minimum absolute atomic E-state index is 0. The van der Waals surface area contributed by atoms with Crippen molar-refractivity contribution in [3.05, 3.63) is 95.3 Å². The van der Waals surface area contributed by atoms with Crippen molar-refractivity contribution >= 4 is 32.5 Å². The second-order valence-corrected chi connectivity index (χ2v) is 9.83. The number of carbonyl (C=O) groups excluding carboxylic acids is 1. The largest absolute Gasteiger partial charge is 1.00 e. The third kappa shape index (κ3) is 6.98. The summed E-state index contributed by atoms with van der Waals surface area (Å²) in [5, 5.41) is 1.46. The first-order valence-corrected chi connectivity index (χ1v) is 12.1. The second-order valence-electron chi connectivity index (χ2n) is 8.15. The molecule has 0 aromatic heterocycles. The van der Waals surface area contributed by atoms with Crippen molar-refractivity contribution in [2.75, 3.05) is 11.8 Å². The predicted octanol–water partition coefficient (Wildman–Crippen LogP) is 1.78. The molecule has 4 aromatic carbocycles. The Balaban J connectivity index is 0.00000228. The summed E-state index contributed by atoms with van der Waals surface area (Å²) in [5.74, 6) is -0.755. The van der Waals surface area contributed by atoms with Crippen LogP contribution in [0.15, 0.2) is 77.7 Å². The molecule has 0 aliphatic carbocycles. The third-order valence-corrected chi connectivity index (χ3v) is 7.19. The molecule has 0 radical (unpaired) electrons. The number of ether oxygens (including phenoxy) is 1. The van der Waals surface area contributed by atoms with Gasteiger partial charge in [0.05, 0.1) is 18.4 Å². The molecule has 4 aromatic rings. The van der Waals surface area contributed by atoms with E-state index in [0.717, 1.165) is 27.6 Å². The SMILES string of the molecule is COC(=O)Cc1cc2ccc(F)cc2c(-c2ccc(S(=O)(=O)Nc3ccc(C)cc3)cc2)c1C.O.[Li+].[OH-]. The molecule has 0 saturated heterocycles. The zero-order chi connectivity index (χ0) is 24.5. The van der Waals surface area contributed by atoms with Gasteiger partial charge in [-0.3, -0.25) is 9.52 Å². The zero-order valence-electron chi connectivity index (χ0n) is 21.0. The van der Waals surface area contributed by atoms with Crippen LogP contribution in [0, 0.1) is 19.7 Å². The first-order valence-electron chi connectivity index (χ1n) is 10.7. The average Bonchev–Trinajstić information content (AvgIpc) is 2.81. The monoisotopic (exact) mass is 519 g/mol. The molecule has 0 bridgehead atoms. The summed E-state index contributed by atoms with van der Waals surface area (Å²) < 4.78 is 47.2. The Morgan fingerprint density at radius 2 is 1.57 bits per heavy atom. The van der Waals surface area contributed by atoms with E-state index in [4.69, 9.17) is 4.74 Å². The van der Waals surface area contributed by atoms with Gasteiger partial charge in [-0.1, -0.05) is 42.0 Å². The molecule has 4 rings (SSSR count). The topological polar surface area (TPSA) is 134 Å². The van der Waals surface area contributed by atoms with Crippen LogP contribution in [0.4, 0.5) is 10.1 Å². The van der Waals surface area contributed by atoms with Crippen molar-refractivity contribution < 1.29 is 52.2 Å². The smallest absolute Gasteiger partial charge is 0.870 e. The van der Waals surface area contributed by atoms with Crippen LogP contribution in [0.1, 0.15) is 16.7 Å². The number of methoxy groups -OCH3 is 1. The average molecular weight is 520 g/mol. The molecule has 0 spiro atoms. The number of carbonyl (C=O) groups is 1. The van der Waals surface area contributed by atoms with Gasteiger partial charge in [0.2, 0.25) is 0 Å². The molecule has 37 heavy (non-hydrogen) atoms. The number of benzene rings is 4. The van der Waals surface area contributed by atoms with E-state index >= 15 is 0 Å². The molecule has 0 fully saturated rings. The molecular formula is C27H27FLiNO6S. The molecule has 0 unspecified atom stereocenters. The molecule has 0 amide bonds. The molecule has 0 saturated carbocycles. The van der Waals surface area contributed by atoms with Crippen molar-refractivity contribution in [3.63, 3.8) is 0 Å². The molecule has 0 heterocycles. The van der Waals surface area contributed by atoms with E-state index < -0.39 is 10.0 Å². The van der Waals surface area contributed by atoms with Gasteiger partial charge in [0.1, 0.15) is 5.82 Å². The van der Waals surface area contributed by atoms with Gasteiger partial charge < -0.3 is 15.7 Å². The van der Waals surface area contributed by atoms with E-state index in [-0.39, 0.29) is 52.9 Å². The quantitative estimate of drug-likeness (QED) is 0.306. The van der Waals surface area contributed by atoms with Crippen molar-refractivity contribution in [2.45, 2.75) is 25.2 Å². The number of halogens is 1. The Hall–Kier alpha value is -3.19. The van der Waals surface area contributed by atoms with Crippen molar-refractivity contribution in [1.82, 2.24) is 0 Å². The number of hydrogen-bond acceptors (Lipinski definition) is 5. The minimum Gasteiger partial charge on any atom is -0.870 e. The van der Waals surface area contributed by atoms with Crippen molar-refractivity contribution in [3.8, 4) is 11.1 Å². The van der Waals surface area contributed by atoms with Crippen molar-refractivity contribution in [2.24, 2.45) is 0 Å². The fourth-order valence-electron chi connectivity index (χ4n) is 3.95. The van der Waals surface area contributed by atoms with Crippen LogP contribution in [0.2, 0.25) is 0 Å². The van der Waals surface area contributed by atoms with Crippen molar-refractivity contribution in [1.29, 1.82) is 0 Å². The van der Waals surface area contributed by atoms with Crippen LogP contribution >= 0.6 is 0 Å². The number of anilines is 1. The number of fused-ring (bicyclic) bond motifs is 1. The van der Waals surface area contributed by atoms with Gasteiger partial charge in [0.25, 0.3) is 10.0 Å². The number of sulfonamides is 1. The number of aryl methyl sites for hydroxylation is 1. The molecule has 10 heteroatoms.